The first-order valence-corrected chi connectivity index (χ1v) is 26.4. The molecule has 0 saturated carbocycles. The number of aryl methyl sites for hydroxylation is 4. The predicted molar refractivity (Wildman–Crippen MR) is 255 cm³/mol. The van der Waals surface area contributed by atoms with Crippen LogP contribution in [0.25, 0.3) is 48.8 Å². The molecule has 8 heteroatoms. The van der Waals surface area contributed by atoms with E-state index in [4.69, 9.17) is 10.2 Å². The second kappa shape index (κ2) is 23.6. The lowest BCUT2D eigenvalue weighted by Gasteiger charge is -2.02. The van der Waals surface area contributed by atoms with Crippen molar-refractivity contribution in [3.05, 3.63) is 81.5 Å². The molecule has 0 aliphatic heterocycles. The van der Waals surface area contributed by atoms with E-state index in [1.54, 1.807) is 0 Å². The van der Waals surface area contributed by atoms with Crippen molar-refractivity contribution in [2.45, 2.75) is 142 Å². The van der Waals surface area contributed by atoms with Crippen LogP contribution in [0.4, 0.5) is 0 Å². The summed E-state index contributed by atoms with van der Waals surface area (Å²) in [5.41, 5.74) is 3.05. The van der Waals surface area contributed by atoms with E-state index in [1.165, 1.54) is 147 Å². The fraction of sp³-hybridized carbons (Fsp3) is 0.500. The minimum atomic E-state index is 0.312. The first-order valence-electron chi connectivity index (χ1n) is 21.5. The molecule has 0 amide bonds. The fourth-order valence-electron chi connectivity index (χ4n) is 7.38. The normalized spacial score (nSPS) is 11.7. The van der Waals surface area contributed by atoms with E-state index < -0.39 is 0 Å². The molecule has 0 atom stereocenters. The van der Waals surface area contributed by atoms with Gasteiger partial charge in [-0.1, -0.05) is 78.1 Å². The van der Waals surface area contributed by atoms with E-state index in [0.717, 1.165) is 51.4 Å². The maximum absolute atomic E-state index is 9.12. The molecule has 0 aromatic carbocycles. The van der Waals surface area contributed by atoms with Crippen LogP contribution >= 0.6 is 68.0 Å². The van der Waals surface area contributed by atoms with E-state index in [-0.39, 0.29) is 0 Å². The molecule has 2 nitrogen and oxygen atoms in total. The van der Waals surface area contributed by atoms with Crippen LogP contribution < -0.4 is 0 Å². The highest BCUT2D eigenvalue weighted by Gasteiger charge is 2.19. The molecule has 0 bridgehead atoms. The fourth-order valence-corrected chi connectivity index (χ4v) is 14.5. The van der Waals surface area contributed by atoms with Gasteiger partial charge in [0.1, 0.15) is 0 Å². The number of thiophene rings is 6. The van der Waals surface area contributed by atoms with E-state index in [9.17, 15) is 0 Å². The molecule has 2 N–H and O–H groups in total. The Morgan fingerprint density at radius 2 is 0.696 bits per heavy atom. The van der Waals surface area contributed by atoms with Gasteiger partial charge in [-0.2, -0.15) is 0 Å². The second-order valence-corrected chi connectivity index (χ2v) is 21.8. The molecule has 302 valence electrons. The van der Waals surface area contributed by atoms with Crippen molar-refractivity contribution in [2.75, 3.05) is 13.2 Å². The molecule has 0 fully saturated rings. The first-order chi connectivity index (χ1) is 27.6. The van der Waals surface area contributed by atoms with Crippen molar-refractivity contribution in [2.24, 2.45) is 0 Å². The van der Waals surface area contributed by atoms with Crippen LogP contribution in [-0.4, -0.2) is 23.4 Å². The van der Waals surface area contributed by atoms with Gasteiger partial charge in [0.2, 0.25) is 0 Å². The second-order valence-electron chi connectivity index (χ2n) is 15.2. The van der Waals surface area contributed by atoms with Crippen LogP contribution in [0, 0.1) is 0 Å². The molecule has 0 saturated heterocycles. The number of unbranched alkanes of at least 4 members (excludes halogenated alkanes) is 12. The van der Waals surface area contributed by atoms with E-state index in [2.05, 4.69) is 74.5 Å². The van der Waals surface area contributed by atoms with Gasteiger partial charge >= 0.3 is 0 Å². The van der Waals surface area contributed by atoms with Crippen LogP contribution in [0.1, 0.15) is 137 Å². The highest BCUT2D eigenvalue weighted by Crippen LogP contribution is 2.48. The van der Waals surface area contributed by atoms with Gasteiger partial charge in [-0.3, -0.25) is 0 Å². The number of aliphatic hydroxyl groups excluding tert-OH is 2. The summed E-state index contributed by atoms with van der Waals surface area (Å²) in [6, 6.07) is 23.9. The third kappa shape index (κ3) is 12.6. The molecule has 6 aromatic rings. The van der Waals surface area contributed by atoms with Gasteiger partial charge in [-0.05, 0) is 136 Å². The minimum Gasteiger partial charge on any atom is -0.396 e. The molecule has 56 heavy (non-hydrogen) atoms. The first kappa shape index (κ1) is 43.7. The van der Waals surface area contributed by atoms with Crippen LogP contribution in [0.5, 0.6) is 0 Å². The zero-order chi connectivity index (χ0) is 39.0. The molecule has 0 aliphatic rings. The average Bonchev–Trinajstić information content (AvgIpc) is 4.06. The average molecular weight is 863 g/mol. The molecular formula is C48H62O2S6. The molecule has 0 aliphatic carbocycles. The zero-order valence-corrected chi connectivity index (χ0v) is 38.6. The van der Waals surface area contributed by atoms with Crippen LogP contribution in [0.2, 0.25) is 0 Å². The van der Waals surface area contributed by atoms with Crippen molar-refractivity contribution >= 4 is 68.0 Å². The number of aliphatic hydroxyl groups is 2. The van der Waals surface area contributed by atoms with Crippen molar-refractivity contribution in [1.82, 2.24) is 0 Å². The Morgan fingerprint density at radius 1 is 0.339 bits per heavy atom. The summed E-state index contributed by atoms with van der Waals surface area (Å²) in [4.78, 5) is 17.2. The SMILES string of the molecule is CCCCCCc1cc(-c2ccc(CCCCCCO)s2)sc1-c1ccc(-c2ccc(-c3sc(-c4ccc(CCCCCCO)s4)cc3CCCCCC)s2)s1. The van der Waals surface area contributed by atoms with Crippen molar-refractivity contribution in [3.8, 4) is 48.8 Å². The lowest BCUT2D eigenvalue weighted by atomic mass is 10.1. The number of rotatable bonds is 27. The summed E-state index contributed by atoms with van der Waals surface area (Å²) in [5.74, 6) is 0. The van der Waals surface area contributed by atoms with Gasteiger partial charge in [-0.25, -0.2) is 0 Å². The quantitative estimate of drug-likeness (QED) is 0.0507. The standard InChI is InChI=1S/C48H62O2S6/c1-3-5-7-13-19-35-33-45(41-25-23-37(51-41)21-15-9-11-17-31-49)55-47(35)43-29-27-39(53-43)40-28-30-44(54-40)48-36(20-14-8-6-4-2)34-46(56-48)42-26-24-38(52-42)22-16-10-12-18-32-50/h23-30,33-34,49-50H,3-22,31-32H2,1-2H3. The van der Waals surface area contributed by atoms with Gasteiger partial charge in [0.25, 0.3) is 0 Å². The Hall–Kier alpha value is -1.88. The Kier molecular flexibility index (Phi) is 18.4. The smallest absolute Gasteiger partial charge is 0.0481 e. The molecular weight excluding hydrogens is 801 g/mol. The number of hydrogen-bond acceptors (Lipinski definition) is 8. The Labute approximate surface area is 361 Å². The van der Waals surface area contributed by atoms with Gasteiger partial charge in [0, 0.05) is 71.7 Å². The summed E-state index contributed by atoms with van der Waals surface area (Å²) >= 11 is 11.9. The van der Waals surface area contributed by atoms with Crippen molar-refractivity contribution in [3.63, 3.8) is 0 Å². The largest absolute Gasteiger partial charge is 0.396 e. The molecule has 0 radical (unpaired) electrons. The maximum Gasteiger partial charge on any atom is 0.0481 e. The number of hydrogen-bond donors (Lipinski definition) is 2. The minimum absolute atomic E-state index is 0.312. The molecule has 6 rings (SSSR count). The van der Waals surface area contributed by atoms with Gasteiger partial charge in [0.05, 0.1) is 0 Å². The Bertz CT molecular complexity index is 1850. The highest BCUT2D eigenvalue weighted by atomic mass is 32.1. The molecule has 0 spiro atoms. The van der Waals surface area contributed by atoms with Crippen molar-refractivity contribution < 1.29 is 10.2 Å². The Morgan fingerprint density at radius 3 is 1.12 bits per heavy atom. The topological polar surface area (TPSA) is 40.5 Å². The Balaban J connectivity index is 1.20. The van der Waals surface area contributed by atoms with Gasteiger partial charge in [-0.15, -0.1) is 68.0 Å². The third-order valence-electron chi connectivity index (χ3n) is 10.6. The third-order valence-corrected chi connectivity index (χ3v) is 18.4. The van der Waals surface area contributed by atoms with Crippen LogP contribution in [0.15, 0.2) is 60.7 Å². The van der Waals surface area contributed by atoms with Gasteiger partial charge < -0.3 is 10.2 Å². The van der Waals surface area contributed by atoms with Crippen LogP contribution in [0.3, 0.4) is 0 Å². The summed E-state index contributed by atoms with van der Waals surface area (Å²) in [5, 5.41) is 18.2. The predicted octanol–water partition coefficient (Wildman–Crippen LogP) is 16.8. The van der Waals surface area contributed by atoms with Gasteiger partial charge in [0.15, 0.2) is 0 Å². The molecule has 0 unspecified atom stereocenters. The lowest BCUT2D eigenvalue weighted by molar-refractivity contribution is 0.282. The summed E-state index contributed by atoms with van der Waals surface area (Å²) in [6.45, 7) is 5.23. The summed E-state index contributed by atoms with van der Waals surface area (Å²) < 4.78 is 0. The maximum atomic E-state index is 9.12. The van der Waals surface area contributed by atoms with Crippen molar-refractivity contribution in [1.29, 1.82) is 0 Å². The highest BCUT2D eigenvalue weighted by molar-refractivity contribution is 7.30. The van der Waals surface area contributed by atoms with Crippen LogP contribution in [-0.2, 0) is 25.7 Å². The summed E-state index contributed by atoms with van der Waals surface area (Å²) in [6.07, 6.45) is 23.8. The van der Waals surface area contributed by atoms with E-state index in [0.29, 0.717) is 13.2 Å². The zero-order valence-electron chi connectivity index (χ0n) is 33.7. The monoisotopic (exact) mass is 862 g/mol. The van der Waals surface area contributed by atoms with E-state index in [1.807, 2.05) is 68.0 Å². The lowest BCUT2D eigenvalue weighted by Crippen LogP contribution is -1.85. The molecule has 6 heterocycles. The summed E-state index contributed by atoms with van der Waals surface area (Å²) in [7, 11) is 0. The van der Waals surface area contributed by atoms with E-state index >= 15 is 0 Å². The molecule has 6 aromatic heterocycles.